The summed E-state index contributed by atoms with van der Waals surface area (Å²) >= 11 is 5.08. The molecule has 1 aliphatic carbocycles. The van der Waals surface area contributed by atoms with Crippen LogP contribution in [0, 0.1) is 5.92 Å². The lowest BCUT2D eigenvalue weighted by atomic mass is 9.85. The van der Waals surface area contributed by atoms with Gasteiger partial charge in [0, 0.05) is 4.88 Å². The van der Waals surface area contributed by atoms with E-state index in [-0.39, 0.29) is 6.10 Å². The van der Waals surface area contributed by atoms with E-state index < -0.39 is 0 Å². The lowest BCUT2D eigenvalue weighted by Crippen LogP contribution is -2.10. The van der Waals surface area contributed by atoms with Crippen LogP contribution < -0.4 is 0 Å². The first-order chi connectivity index (χ1) is 7.25. The van der Waals surface area contributed by atoms with E-state index in [1.807, 2.05) is 12.1 Å². The molecule has 1 fully saturated rings. The number of hydrogen-bond donors (Lipinski definition) is 1. The molecule has 1 N–H and O–H groups in total. The molecule has 2 rings (SSSR count). The van der Waals surface area contributed by atoms with E-state index in [0.717, 1.165) is 21.0 Å². The smallest absolute Gasteiger partial charge is 0.0885 e. The van der Waals surface area contributed by atoms with Gasteiger partial charge in [0.25, 0.3) is 0 Å². The highest BCUT2D eigenvalue weighted by Gasteiger charge is 2.19. The third-order valence-electron chi connectivity index (χ3n) is 3.20. The highest BCUT2D eigenvalue weighted by molar-refractivity contribution is 9.11. The molecule has 1 aliphatic rings. The quantitative estimate of drug-likeness (QED) is 0.867. The van der Waals surface area contributed by atoms with E-state index in [1.54, 1.807) is 11.3 Å². The maximum Gasteiger partial charge on any atom is 0.0885 e. The van der Waals surface area contributed by atoms with Crippen LogP contribution in [0.15, 0.2) is 15.9 Å². The van der Waals surface area contributed by atoms with Crippen LogP contribution in [-0.2, 0) is 0 Å². The van der Waals surface area contributed by atoms with E-state index in [9.17, 15) is 5.11 Å². The second-order valence-corrected chi connectivity index (χ2v) is 6.89. The van der Waals surface area contributed by atoms with Gasteiger partial charge >= 0.3 is 0 Å². The molecular formula is C12H17BrOS. The molecule has 1 saturated carbocycles. The van der Waals surface area contributed by atoms with Crippen molar-refractivity contribution in [1.29, 1.82) is 0 Å². The van der Waals surface area contributed by atoms with Crippen LogP contribution in [0.5, 0.6) is 0 Å². The molecule has 1 nitrogen and oxygen atoms in total. The highest BCUT2D eigenvalue weighted by Crippen LogP contribution is 2.35. The number of aliphatic hydroxyl groups is 1. The Labute approximate surface area is 104 Å². The molecule has 1 heterocycles. The molecule has 0 saturated heterocycles. The van der Waals surface area contributed by atoms with Crippen molar-refractivity contribution in [1.82, 2.24) is 0 Å². The first-order valence-electron chi connectivity index (χ1n) is 5.69. The van der Waals surface area contributed by atoms with Gasteiger partial charge in [-0.2, -0.15) is 0 Å². The Morgan fingerprint density at radius 1 is 1.33 bits per heavy atom. The van der Waals surface area contributed by atoms with Gasteiger partial charge in [0.15, 0.2) is 0 Å². The van der Waals surface area contributed by atoms with Crippen LogP contribution in [-0.4, -0.2) is 5.11 Å². The second-order valence-electron chi connectivity index (χ2n) is 4.40. The Hall–Kier alpha value is 0.140. The number of thiophene rings is 1. The predicted molar refractivity (Wildman–Crippen MR) is 68.2 cm³/mol. The van der Waals surface area contributed by atoms with Crippen LogP contribution in [0.4, 0.5) is 0 Å². The third-order valence-corrected chi connectivity index (χ3v) is 4.93. The zero-order valence-corrected chi connectivity index (χ0v) is 11.2. The van der Waals surface area contributed by atoms with Gasteiger partial charge in [0.1, 0.15) is 0 Å². The van der Waals surface area contributed by atoms with Gasteiger partial charge in [0.2, 0.25) is 0 Å². The van der Waals surface area contributed by atoms with Crippen LogP contribution in [0.2, 0.25) is 0 Å². The van der Waals surface area contributed by atoms with Crippen LogP contribution in [0.3, 0.4) is 0 Å². The molecule has 15 heavy (non-hydrogen) atoms. The van der Waals surface area contributed by atoms with Crippen LogP contribution in [0.1, 0.15) is 49.5 Å². The monoisotopic (exact) mass is 288 g/mol. The lowest BCUT2D eigenvalue weighted by molar-refractivity contribution is 0.134. The minimum absolute atomic E-state index is 0.246. The molecule has 1 atom stereocenters. The Balaban J connectivity index is 1.88. The van der Waals surface area contributed by atoms with Gasteiger partial charge in [-0.05, 0) is 40.4 Å². The lowest BCUT2D eigenvalue weighted by Gasteiger charge is -2.23. The van der Waals surface area contributed by atoms with E-state index in [1.165, 1.54) is 32.1 Å². The normalized spacial score (nSPS) is 20.4. The van der Waals surface area contributed by atoms with Crippen molar-refractivity contribution in [2.75, 3.05) is 0 Å². The summed E-state index contributed by atoms with van der Waals surface area (Å²) in [7, 11) is 0. The number of hydrogen-bond acceptors (Lipinski definition) is 2. The van der Waals surface area contributed by atoms with E-state index >= 15 is 0 Å². The maximum atomic E-state index is 10.1. The Kier molecular flexibility index (Phi) is 4.23. The highest BCUT2D eigenvalue weighted by atomic mass is 79.9. The molecule has 0 aromatic carbocycles. The molecule has 0 radical (unpaired) electrons. The fraction of sp³-hybridized carbons (Fsp3) is 0.667. The van der Waals surface area contributed by atoms with Crippen molar-refractivity contribution in [3.05, 3.63) is 20.8 Å². The van der Waals surface area contributed by atoms with Gasteiger partial charge in [0.05, 0.1) is 9.89 Å². The second kappa shape index (κ2) is 5.46. The molecular weight excluding hydrogens is 272 g/mol. The first kappa shape index (κ1) is 11.6. The van der Waals surface area contributed by atoms with Crippen LogP contribution >= 0.6 is 27.3 Å². The van der Waals surface area contributed by atoms with Crippen molar-refractivity contribution >= 4 is 27.3 Å². The number of rotatable bonds is 3. The molecule has 0 amide bonds. The number of halogens is 1. The van der Waals surface area contributed by atoms with Crippen molar-refractivity contribution in [2.45, 2.75) is 44.6 Å². The largest absolute Gasteiger partial charge is 0.388 e. The van der Waals surface area contributed by atoms with E-state index in [4.69, 9.17) is 0 Å². The molecule has 0 spiro atoms. The summed E-state index contributed by atoms with van der Waals surface area (Å²) in [6.45, 7) is 0. The first-order valence-corrected chi connectivity index (χ1v) is 7.30. The summed E-state index contributed by atoms with van der Waals surface area (Å²) in [5.74, 6) is 0.745. The van der Waals surface area contributed by atoms with E-state index in [2.05, 4.69) is 15.9 Å². The standard InChI is InChI=1S/C12H17BrOS/c13-12-7-6-11(15-12)10(14)8-9-4-2-1-3-5-9/h6-7,9-10,14H,1-5,8H2. The zero-order chi connectivity index (χ0) is 10.7. The summed E-state index contributed by atoms with van der Waals surface area (Å²) in [5.41, 5.74) is 0. The fourth-order valence-electron chi connectivity index (χ4n) is 2.36. The molecule has 3 heteroatoms. The third kappa shape index (κ3) is 3.30. The Bertz CT molecular complexity index is 304. The predicted octanol–water partition coefficient (Wildman–Crippen LogP) is 4.51. The average molecular weight is 289 g/mol. The average Bonchev–Trinajstić information content (AvgIpc) is 2.66. The summed E-state index contributed by atoms with van der Waals surface area (Å²) in [6.07, 6.45) is 7.42. The minimum Gasteiger partial charge on any atom is -0.388 e. The number of aliphatic hydroxyl groups excluding tert-OH is 1. The van der Waals surface area contributed by atoms with E-state index in [0.29, 0.717) is 0 Å². The summed E-state index contributed by atoms with van der Waals surface area (Å²) < 4.78 is 1.11. The van der Waals surface area contributed by atoms with Gasteiger partial charge in [-0.1, -0.05) is 32.1 Å². The molecule has 0 aliphatic heterocycles. The van der Waals surface area contributed by atoms with Crippen molar-refractivity contribution < 1.29 is 5.11 Å². The summed E-state index contributed by atoms with van der Waals surface area (Å²) in [4.78, 5) is 1.10. The van der Waals surface area contributed by atoms with Gasteiger partial charge in [-0.25, -0.2) is 0 Å². The molecule has 1 unspecified atom stereocenters. The van der Waals surface area contributed by atoms with Gasteiger partial charge < -0.3 is 5.11 Å². The fourth-order valence-corrected chi connectivity index (χ4v) is 3.78. The molecule has 1 aromatic rings. The Morgan fingerprint density at radius 3 is 2.67 bits per heavy atom. The SMILES string of the molecule is OC(CC1CCCCC1)c1ccc(Br)s1. The topological polar surface area (TPSA) is 20.2 Å². The van der Waals surface area contributed by atoms with Crippen LogP contribution in [0.25, 0.3) is 0 Å². The Morgan fingerprint density at radius 2 is 2.07 bits per heavy atom. The molecule has 0 bridgehead atoms. The zero-order valence-electron chi connectivity index (χ0n) is 8.79. The summed E-state index contributed by atoms with van der Waals surface area (Å²) in [6, 6.07) is 4.05. The van der Waals surface area contributed by atoms with Crippen molar-refractivity contribution in [3.63, 3.8) is 0 Å². The van der Waals surface area contributed by atoms with Crippen molar-refractivity contribution in [3.8, 4) is 0 Å². The maximum absolute atomic E-state index is 10.1. The van der Waals surface area contributed by atoms with Crippen molar-refractivity contribution in [2.24, 2.45) is 5.92 Å². The minimum atomic E-state index is -0.246. The van der Waals surface area contributed by atoms with Gasteiger partial charge in [-0.15, -0.1) is 11.3 Å². The van der Waals surface area contributed by atoms with Gasteiger partial charge in [-0.3, -0.25) is 0 Å². The summed E-state index contributed by atoms with van der Waals surface area (Å²) in [5, 5.41) is 10.1. The molecule has 1 aromatic heterocycles. The molecule has 84 valence electrons.